The lowest BCUT2D eigenvalue weighted by atomic mass is 10.1. The van der Waals surface area contributed by atoms with Gasteiger partial charge in [-0.25, -0.2) is 0 Å². The van der Waals surface area contributed by atoms with E-state index < -0.39 is 0 Å². The molecular formula is C14H17N3O2. The smallest absolute Gasteiger partial charge is 0.277 e. The number of nitro benzene ring substituents is 1. The highest BCUT2D eigenvalue weighted by Gasteiger charge is 2.13. The fourth-order valence-electron chi connectivity index (χ4n) is 2.09. The van der Waals surface area contributed by atoms with Crippen LogP contribution in [-0.4, -0.2) is 16.5 Å². The Balaban J connectivity index is 2.30. The molecule has 0 fully saturated rings. The van der Waals surface area contributed by atoms with Crippen molar-refractivity contribution >= 4 is 22.1 Å². The third-order valence-corrected chi connectivity index (χ3v) is 3.09. The fourth-order valence-corrected chi connectivity index (χ4v) is 2.09. The number of hydrogen-bond acceptors (Lipinski definition) is 4. The van der Waals surface area contributed by atoms with Crippen LogP contribution < -0.4 is 5.32 Å². The molecule has 5 heteroatoms. The Morgan fingerprint density at radius 1 is 1.26 bits per heavy atom. The van der Waals surface area contributed by atoms with Crippen molar-refractivity contribution in [3.05, 3.63) is 40.7 Å². The minimum absolute atomic E-state index is 0.122. The third kappa shape index (κ3) is 2.99. The van der Waals surface area contributed by atoms with E-state index >= 15 is 0 Å². The van der Waals surface area contributed by atoms with E-state index in [1.807, 2.05) is 0 Å². The lowest BCUT2D eigenvalue weighted by molar-refractivity contribution is -0.383. The van der Waals surface area contributed by atoms with Gasteiger partial charge in [0.25, 0.3) is 5.69 Å². The van der Waals surface area contributed by atoms with Crippen molar-refractivity contribution in [2.45, 2.75) is 26.2 Å². The first-order valence-electron chi connectivity index (χ1n) is 6.49. The van der Waals surface area contributed by atoms with Gasteiger partial charge in [0.05, 0.1) is 10.3 Å². The van der Waals surface area contributed by atoms with E-state index in [0.717, 1.165) is 24.0 Å². The molecule has 0 bridgehead atoms. The van der Waals surface area contributed by atoms with Gasteiger partial charge in [0.15, 0.2) is 0 Å². The average Bonchev–Trinajstić information content (AvgIpc) is 2.43. The van der Waals surface area contributed by atoms with Crippen LogP contribution in [0.1, 0.15) is 26.2 Å². The summed E-state index contributed by atoms with van der Waals surface area (Å²) in [4.78, 5) is 14.7. The van der Waals surface area contributed by atoms with Gasteiger partial charge in [-0.3, -0.25) is 15.1 Å². The van der Waals surface area contributed by atoms with Crippen LogP contribution in [0.4, 0.5) is 11.4 Å². The summed E-state index contributed by atoms with van der Waals surface area (Å²) >= 11 is 0. The number of nitrogens with one attached hydrogen (secondary N) is 1. The summed E-state index contributed by atoms with van der Waals surface area (Å²) in [5.41, 5.74) is 1.03. The number of benzene rings is 1. The molecule has 1 aromatic heterocycles. The van der Waals surface area contributed by atoms with E-state index in [9.17, 15) is 10.1 Å². The molecule has 0 amide bonds. The summed E-state index contributed by atoms with van der Waals surface area (Å²) in [6.45, 7) is 3.03. The molecule has 19 heavy (non-hydrogen) atoms. The summed E-state index contributed by atoms with van der Waals surface area (Å²) in [5, 5.41) is 15.7. The molecule has 5 nitrogen and oxygen atoms in total. The second kappa shape index (κ2) is 6.13. The number of anilines is 1. The summed E-state index contributed by atoms with van der Waals surface area (Å²) in [6, 6.07) is 4.99. The molecule has 1 aromatic carbocycles. The molecule has 0 radical (unpaired) electrons. The Hall–Kier alpha value is -2.17. The van der Waals surface area contributed by atoms with Gasteiger partial charge in [0, 0.05) is 36.1 Å². The molecule has 2 aromatic rings. The van der Waals surface area contributed by atoms with Crippen LogP contribution >= 0.6 is 0 Å². The maximum Gasteiger partial charge on any atom is 0.277 e. The summed E-state index contributed by atoms with van der Waals surface area (Å²) in [5.74, 6) is 0. The Labute approximate surface area is 111 Å². The van der Waals surface area contributed by atoms with Crippen molar-refractivity contribution in [2.24, 2.45) is 0 Å². The number of pyridine rings is 1. The zero-order valence-electron chi connectivity index (χ0n) is 10.9. The van der Waals surface area contributed by atoms with Gasteiger partial charge >= 0.3 is 0 Å². The van der Waals surface area contributed by atoms with Crippen LogP contribution in [0.2, 0.25) is 0 Å². The Morgan fingerprint density at radius 3 is 2.84 bits per heavy atom. The highest BCUT2D eigenvalue weighted by Crippen LogP contribution is 2.30. The number of fused-ring (bicyclic) bond motifs is 1. The van der Waals surface area contributed by atoms with E-state index in [2.05, 4.69) is 17.2 Å². The number of nitro groups is 1. The Kier molecular flexibility index (Phi) is 4.28. The molecule has 2 rings (SSSR count). The SMILES string of the molecule is CCCCCNc1ccc([N+](=O)[O-])c2ccncc12. The number of rotatable bonds is 6. The monoisotopic (exact) mass is 259 g/mol. The van der Waals surface area contributed by atoms with Gasteiger partial charge in [-0.2, -0.15) is 0 Å². The number of non-ortho nitro benzene ring substituents is 1. The molecule has 0 aliphatic heterocycles. The summed E-state index contributed by atoms with van der Waals surface area (Å²) in [6.07, 6.45) is 6.69. The maximum atomic E-state index is 11.0. The van der Waals surface area contributed by atoms with E-state index in [4.69, 9.17) is 0 Å². The van der Waals surface area contributed by atoms with Gasteiger partial charge < -0.3 is 5.32 Å². The largest absolute Gasteiger partial charge is 0.384 e. The first kappa shape index (κ1) is 13.3. The van der Waals surface area contributed by atoms with Crippen LogP contribution in [0.25, 0.3) is 10.8 Å². The van der Waals surface area contributed by atoms with Crippen molar-refractivity contribution in [1.29, 1.82) is 0 Å². The highest BCUT2D eigenvalue weighted by atomic mass is 16.6. The summed E-state index contributed by atoms with van der Waals surface area (Å²) in [7, 11) is 0. The van der Waals surface area contributed by atoms with Crippen LogP contribution in [-0.2, 0) is 0 Å². The number of unbranched alkanes of at least 4 members (excludes halogenated alkanes) is 2. The van der Waals surface area contributed by atoms with E-state index in [0.29, 0.717) is 5.39 Å². The van der Waals surface area contributed by atoms with Gasteiger partial charge in [-0.05, 0) is 18.6 Å². The van der Waals surface area contributed by atoms with Gasteiger partial charge in [-0.15, -0.1) is 0 Å². The van der Waals surface area contributed by atoms with E-state index in [-0.39, 0.29) is 10.6 Å². The zero-order chi connectivity index (χ0) is 13.7. The minimum Gasteiger partial charge on any atom is -0.384 e. The van der Waals surface area contributed by atoms with Gasteiger partial charge in [0.1, 0.15) is 0 Å². The third-order valence-electron chi connectivity index (χ3n) is 3.09. The molecule has 0 spiro atoms. The molecule has 0 unspecified atom stereocenters. The molecule has 100 valence electrons. The van der Waals surface area contributed by atoms with Crippen molar-refractivity contribution in [2.75, 3.05) is 11.9 Å². The van der Waals surface area contributed by atoms with Crippen LogP contribution in [0, 0.1) is 10.1 Å². The van der Waals surface area contributed by atoms with E-state index in [1.165, 1.54) is 12.8 Å². The normalized spacial score (nSPS) is 10.6. The lowest BCUT2D eigenvalue weighted by Gasteiger charge is -2.09. The zero-order valence-corrected chi connectivity index (χ0v) is 10.9. The van der Waals surface area contributed by atoms with Crippen molar-refractivity contribution in [1.82, 2.24) is 4.98 Å². The second-order valence-electron chi connectivity index (χ2n) is 4.44. The molecule has 0 saturated heterocycles. The molecule has 0 saturated carbocycles. The predicted molar refractivity (Wildman–Crippen MR) is 76.4 cm³/mol. The molecule has 1 N–H and O–H groups in total. The first-order chi connectivity index (χ1) is 9.24. The molecule has 0 aliphatic carbocycles. The van der Waals surface area contributed by atoms with Crippen LogP contribution in [0.5, 0.6) is 0 Å². The number of aromatic nitrogens is 1. The Bertz CT molecular complexity index is 584. The lowest BCUT2D eigenvalue weighted by Crippen LogP contribution is -2.02. The Morgan fingerprint density at radius 2 is 2.11 bits per heavy atom. The predicted octanol–water partition coefficient (Wildman–Crippen LogP) is 3.75. The molecule has 1 heterocycles. The minimum atomic E-state index is -0.358. The van der Waals surface area contributed by atoms with Crippen molar-refractivity contribution in [3.63, 3.8) is 0 Å². The molecule has 0 aliphatic rings. The van der Waals surface area contributed by atoms with Crippen LogP contribution in [0.3, 0.4) is 0 Å². The fraction of sp³-hybridized carbons (Fsp3) is 0.357. The second-order valence-corrected chi connectivity index (χ2v) is 4.44. The summed E-state index contributed by atoms with van der Waals surface area (Å²) < 4.78 is 0. The van der Waals surface area contributed by atoms with Gasteiger partial charge in [-0.1, -0.05) is 19.8 Å². The van der Waals surface area contributed by atoms with E-state index in [1.54, 1.807) is 30.6 Å². The maximum absolute atomic E-state index is 11.0. The highest BCUT2D eigenvalue weighted by molar-refractivity contribution is 5.99. The first-order valence-corrected chi connectivity index (χ1v) is 6.49. The quantitative estimate of drug-likeness (QED) is 0.487. The number of hydrogen-bond donors (Lipinski definition) is 1. The van der Waals surface area contributed by atoms with Crippen LogP contribution in [0.15, 0.2) is 30.6 Å². The standard InChI is InChI=1S/C14H17N3O2/c1-2-3-4-8-16-13-5-6-14(17(18)19)11-7-9-15-10-12(11)13/h5-7,9-10,16H,2-4,8H2,1H3. The number of nitrogens with zero attached hydrogens (tertiary/aromatic N) is 2. The van der Waals surface area contributed by atoms with Crippen molar-refractivity contribution < 1.29 is 4.92 Å². The average molecular weight is 259 g/mol. The topological polar surface area (TPSA) is 68.1 Å². The van der Waals surface area contributed by atoms with Crippen molar-refractivity contribution in [3.8, 4) is 0 Å². The van der Waals surface area contributed by atoms with Gasteiger partial charge in [0.2, 0.25) is 0 Å². The molecular weight excluding hydrogens is 242 g/mol. The molecule has 0 atom stereocenters.